The van der Waals surface area contributed by atoms with Gasteiger partial charge in [0.2, 0.25) is 0 Å². The van der Waals surface area contributed by atoms with Gasteiger partial charge in [-0.15, -0.1) is 0 Å². The summed E-state index contributed by atoms with van der Waals surface area (Å²) in [4.78, 5) is 2.43. The van der Waals surface area contributed by atoms with Gasteiger partial charge in [0, 0.05) is 22.3 Å². The molecule has 2 nitrogen and oxygen atoms in total. The van der Waals surface area contributed by atoms with Gasteiger partial charge in [-0.2, -0.15) is 0 Å². The molecule has 70 valence electrons. The van der Waals surface area contributed by atoms with Crippen molar-refractivity contribution in [1.82, 2.24) is 0 Å². The first-order valence-corrected chi connectivity index (χ1v) is 5.65. The molecule has 1 saturated heterocycles. The third-order valence-corrected chi connectivity index (χ3v) is 3.28. The van der Waals surface area contributed by atoms with Gasteiger partial charge in [-0.25, -0.2) is 0 Å². The van der Waals surface area contributed by atoms with Crippen LogP contribution >= 0.6 is 22.6 Å². The molecule has 13 heavy (non-hydrogen) atoms. The van der Waals surface area contributed by atoms with Crippen molar-refractivity contribution in [3.8, 4) is 0 Å². The number of nitrogens with two attached hydrogens (primary N) is 1. The molecule has 0 aromatic heterocycles. The monoisotopic (exact) mass is 288 g/mol. The number of halogens is 1. The molecule has 0 saturated carbocycles. The second kappa shape index (κ2) is 3.74. The predicted octanol–water partition coefficient (Wildman–Crippen LogP) is 2.47. The second-order valence-corrected chi connectivity index (χ2v) is 4.57. The Hall–Kier alpha value is -0.450. The molecule has 0 radical (unpaired) electrons. The van der Waals surface area contributed by atoms with E-state index in [0.29, 0.717) is 0 Å². The summed E-state index contributed by atoms with van der Waals surface area (Å²) in [6.45, 7) is 2.39. The number of nitrogens with zero attached hydrogens (tertiary/aromatic N) is 1. The Kier molecular flexibility index (Phi) is 2.62. The molecule has 0 amide bonds. The highest BCUT2D eigenvalue weighted by Crippen LogP contribution is 2.27. The van der Waals surface area contributed by atoms with Crippen molar-refractivity contribution in [1.29, 1.82) is 0 Å². The van der Waals surface area contributed by atoms with E-state index in [0.717, 1.165) is 5.69 Å². The van der Waals surface area contributed by atoms with Crippen molar-refractivity contribution in [2.24, 2.45) is 0 Å². The molecule has 1 aromatic rings. The maximum absolute atomic E-state index is 5.70. The number of rotatable bonds is 1. The van der Waals surface area contributed by atoms with Gasteiger partial charge < -0.3 is 10.6 Å². The minimum Gasteiger partial charge on any atom is -0.399 e. The zero-order valence-electron chi connectivity index (χ0n) is 7.46. The fourth-order valence-corrected chi connectivity index (χ4v) is 2.62. The second-order valence-electron chi connectivity index (χ2n) is 3.41. The number of hydrogen-bond donors (Lipinski definition) is 1. The van der Waals surface area contributed by atoms with E-state index < -0.39 is 0 Å². The molecule has 1 aliphatic rings. The van der Waals surface area contributed by atoms with Crippen molar-refractivity contribution in [2.45, 2.75) is 12.8 Å². The standard InChI is InChI=1S/C10H13IN2/c11-9-7-8(12)3-4-10(9)13-5-1-2-6-13/h3-4,7H,1-2,5-6,12H2. The van der Waals surface area contributed by atoms with Crippen molar-refractivity contribution in [2.75, 3.05) is 23.7 Å². The van der Waals surface area contributed by atoms with Crippen LogP contribution < -0.4 is 10.6 Å². The number of benzene rings is 1. The minimum atomic E-state index is 0.854. The van der Waals surface area contributed by atoms with E-state index >= 15 is 0 Å². The average Bonchev–Trinajstić information content (AvgIpc) is 2.56. The smallest absolute Gasteiger partial charge is 0.0503 e. The van der Waals surface area contributed by atoms with Crippen molar-refractivity contribution in [3.63, 3.8) is 0 Å². The van der Waals surface area contributed by atoms with Crippen LogP contribution in [-0.2, 0) is 0 Å². The third kappa shape index (κ3) is 1.90. The van der Waals surface area contributed by atoms with E-state index in [1.54, 1.807) is 0 Å². The minimum absolute atomic E-state index is 0.854. The van der Waals surface area contributed by atoms with Gasteiger partial charge in [-0.1, -0.05) is 0 Å². The first-order chi connectivity index (χ1) is 6.27. The van der Waals surface area contributed by atoms with E-state index in [2.05, 4.69) is 33.6 Å². The summed E-state index contributed by atoms with van der Waals surface area (Å²) in [6, 6.07) is 6.15. The number of hydrogen-bond acceptors (Lipinski definition) is 2. The Balaban J connectivity index is 2.29. The molecule has 0 unspecified atom stereocenters. The SMILES string of the molecule is Nc1ccc(N2CCCC2)c(I)c1. The van der Waals surface area contributed by atoms with E-state index in [9.17, 15) is 0 Å². The van der Waals surface area contributed by atoms with Crippen molar-refractivity contribution < 1.29 is 0 Å². The molecule has 2 N–H and O–H groups in total. The summed E-state index contributed by atoms with van der Waals surface area (Å²) in [6.07, 6.45) is 2.64. The predicted molar refractivity (Wildman–Crippen MR) is 65.0 cm³/mol. The molecule has 0 atom stereocenters. The number of anilines is 2. The quantitative estimate of drug-likeness (QED) is 0.635. The molecule has 0 bridgehead atoms. The molecule has 1 heterocycles. The molecule has 0 spiro atoms. The first-order valence-electron chi connectivity index (χ1n) is 4.57. The molecular weight excluding hydrogens is 275 g/mol. The molecule has 1 aromatic carbocycles. The zero-order chi connectivity index (χ0) is 9.26. The van der Waals surface area contributed by atoms with E-state index in [4.69, 9.17) is 5.73 Å². The summed E-state index contributed by atoms with van der Waals surface area (Å²) >= 11 is 2.35. The Bertz CT molecular complexity index is 306. The maximum Gasteiger partial charge on any atom is 0.0503 e. The molecule has 3 heteroatoms. The van der Waals surface area contributed by atoms with Crippen LogP contribution in [0, 0.1) is 3.57 Å². The highest BCUT2D eigenvalue weighted by atomic mass is 127. The van der Waals surface area contributed by atoms with Crippen LogP contribution in [0.15, 0.2) is 18.2 Å². The summed E-state index contributed by atoms with van der Waals surface area (Å²) in [5.74, 6) is 0. The summed E-state index contributed by atoms with van der Waals surface area (Å²) in [7, 11) is 0. The van der Waals surface area contributed by atoms with Crippen LogP contribution in [0.3, 0.4) is 0 Å². The van der Waals surface area contributed by atoms with Crippen LogP contribution in [0.25, 0.3) is 0 Å². The van der Waals surface area contributed by atoms with Gasteiger partial charge in [0.15, 0.2) is 0 Å². The van der Waals surface area contributed by atoms with Crippen LogP contribution in [-0.4, -0.2) is 13.1 Å². The van der Waals surface area contributed by atoms with E-state index in [-0.39, 0.29) is 0 Å². The topological polar surface area (TPSA) is 29.3 Å². The Morgan fingerprint density at radius 2 is 1.92 bits per heavy atom. The largest absolute Gasteiger partial charge is 0.399 e. The summed E-state index contributed by atoms with van der Waals surface area (Å²) in [5.41, 5.74) is 7.90. The van der Waals surface area contributed by atoms with Crippen molar-refractivity contribution >= 4 is 34.0 Å². The lowest BCUT2D eigenvalue weighted by Crippen LogP contribution is -2.18. The van der Waals surface area contributed by atoms with E-state index in [1.165, 1.54) is 35.2 Å². The molecule has 1 aliphatic heterocycles. The van der Waals surface area contributed by atoms with Gasteiger partial charge >= 0.3 is 0 Å². The van der Waals surface area contributed by atoms with E-state index in [1.807, 2.05) is 12.1 Å². The van der Waals surface area contributed by atoms with Gasteiger partial charge in [0.1, 0.15) is 0 Å². The lowest BCUT2D eigenvalue weighted by molar-refractivity contribution is 0.949. The van der Waals surface area contributed by atoms with Gasteiger partial charge in [-0.05, 0) is 53.6 Å². The Labute approximate surface area is 92.2 Å². The molecule has 2 rings (SSSR count). The van der Waals surface area contributed by atoms with Gasteiger partial charge in [-0.3, -0.25) is 0 Å². The van der Waals surface area contributed by atoms with Crippen molar-refractivity contribution in [3.05, 3.63) is 21.8 Å². The molecule has 0 aliphatic carbocycles. The lowest BCUT2D eigenvalue weighted by atomic mass is 10.2. The van der Waals surface area contributed by atoms with Gasteiger partial charge in [0.25, 0.3) is 0 Å². The Morgan fingerprint density at radius 3 is 2.54 bits per heavy atom. The summed E-state index contributed by atoms with van der Waals surface area (Å²) < 4.78 is 1.26. The normalized spacial score (nSPS) is 16.5. The fraction of sp³-hybridized carbons (Fsp3) is 0.400. The van der Waals surface area contributed by atoms with Crippen LogP contribution in [0.5, 0.6) is 0 Å². The average molecular weight is 288 g/mol. The van der Waals surface area contributed by atoms with Crippen LogP contribution in [0.4, 0.5) is 11.4 Å². The summed E-state index contributed by atoms with van der Waals surface area (Å²) in [5, 5.41) is 0. The lowest BCUT2D eigenvalue weighted by Gasteiger charge is -2.19. The fourth-order valence-electron chi connectivity index (χ4n) is 1.74. The maximum atomic E-state index is 5.70. The molecule has 1 fully saturated rings. The van der Waals surface area contributed by atoms with Crippen LogP contribution in [0.1, 0.15) is 12.8 Å². The molecular formula is C10H13IN2. The van der Waals surface area contributed by atoms with Gasteiger partial charge in [0.05, 0.1) is 5.69 Å². The highest BCUT2D eigenvalue weighted by molar-refractivity contribution is 14.1. The number of nitrogen functional groups attached to an aromatic ring is 1. The zero-order valence-corrected chi connectivity index (χ0v) is 9.62. The van der Waals surface area contributed by atoms with Crippen LogP contribution in [0.2, 0.25) is 0 Å². The first kappa shape index (κ1) is 9.12. The third-order valence-electron chi connectivity index (χ3n) is 2.42. The highest BCUT2D eigenvalue weighted by Gasteiger charge is 2.14. The Morgan fingerprint density at radius 1 is 1.23 bits per heavy atom.